The Hall–Kier alpha value is -1.23. The van der Waals surface area contributed by atoms with E-state index in [4.69, 9.17) is 4.74 Å². The molecule has 0 bridgehead atoms. The van der Waals surface area contributed by atoms with Gasteiger partial charge in [-0.25, -0.2) is 14.4 Å². The lowest BCUT2D eigenvalue weighted by molar-refractivity contribution is 0.117. The number of aromatic nitrogens is 2. The predicted molar refractivity (Wildman–Crippen MR) is 65.7 cm³/mol. The summed E-state index contributed by atoms with van der Waals surface area (Å²) in [6, 6.07) is 0. The maximum absolute atomic E-state index is 13.7. The fourth-order valence-electron chi connectivity index (χ4n) is 1.41. The number of nitrogens with zero attached hydrogens (tertiary/aromatic N) is 2. The molecule has 1 heterocycles. The van der Waals surface area contributed by atoms with Crippen LogP contribution in [0, 0.1) is 12.7 Å². The third-order valence-electron chi connectivity index (χ3n) is 2.48. The third kappa shape index (κ3) is 3.93. The van der Waals surface area contributed by atoms with E-state index in [1.807, 2.05) is 13.8 Å². The van der Waals surface area contributed by atoms with Gasteiger partial charge in [0.05, 0.1) is 11.8 Å². The fourth-order valence-corrected chi connectivity index (χ4v) is 1.41. The zero-order valence-electron chi connectivity index (χ0n) is 10.9. The normalized spacial score (nSPS) is 12.5. The highest BCUT2D eigenvalue weighted by molar-refractivity contribution is 5.38. The number of hydrogen-bond acceptors (Lipinski definition) is 4. The van der Waals surface area contributed by atoms with E-state index in [9.17, 15) is 4.39 Å². The van der Waals surface area contributed by atoms with Gasteiger partial charge in [0.15, 0.2) is 11.6 Å². The molecule has 0 saturated carbocycles. The van der Waals surface area contributed by atoms with Gasteiger partial charge < -0.3 is 10.1 Å². The van der Waals surface area contributed by atoms with E-state index in [2.05, 4.69) is 15.3 Å². The number of ether oxygens (including phenoxy) is 1. The van der Waals surface area contributed by atoms with Crippen LogP contribution in [-0.2, 0) is 11.2 Å². The molecule has 0 fully saturated rings. The van der Waals surface area contributed by atoms with E-state index < -0.39 is 0 Å². The van der Waals surface area contributed by atoms with Crippen molar-refractivity contribution in [2.24, 2.45) is 0 Å². The molecule has 1 atom stereocenters. The quantitative estimate of drug-likeness (QED) is 0.830. The van der Waals surface area contributed by atoms with Crippen molar-refractivity contribution in [1.82, 2.24) is 9.97 Å². The van der Waals surface area contributed by atoms with Crippen molar-refractivity contribution in [1.29, 1.82) is 0 Å². The van der Waals surface area contributed by atoms with Crippen LogP contribution in [0.1, 0.15) is 31.8 Å². The van der Waals surface area contributed by atoms with E-state index in [0.29, 0.717) is 24.5 Å². The Morgan fingerprint density at radius 3 is 2.71 bits per heavy atom. The summed E-state index contributed by atoms with van der Waals surface area (Å²) in [4.78, 5) is 8.30. The zero-order valence-corrected chi connectivity index (χ0v) is 10.9. The highest BCUT2D eigenvalue weighted by atomic mass is 19.1. The Morgan fingerprint density at radius 1 is 1.41 bits per heavy atom. The van der Waals surface area contributed by atoms with Crippen LogP contribution in [0.5, 0.6) is 0 Å². The average Bonchev–Trinajstić information content (AvgIpc) is 2.31. The molecular weight excluding hydrogens is 221 g/mol. The minimum atomic E-state index is -0.368. The summed E-state index contributed by atoms with van der Waals surface area (Å²) in [6.07, 6.45) is 1.53. The molecule has 1 aromatic rings. The average molecular weight is 241 g/mol. The fraction of sp³-hybridized carbons (Fsp3) is 0.667. The lowest BCUT2D eigenvalue weighted by Crippen LogP contribution is -2.15. The molecule has 4 nitrogen and oxygen atoms in total. The molecule has 0 aromatic carbocycles. The summed E-state index contributed by atoms with van der Waals surface area (Å²) >= 11 is 0. The lowest BCUT2D eigenvalue weighted by Gasteiger charge is -2.12. The van der Waals surface area contributed by atoms with Gasteiger partial charge in [-0.05, 0) is 20.3 Å². The monoisotopic (exact) mass is 241 g/mol. The molecule has 0 amide bonds. The molecule has 0 radical (unpaired) electrons. The van der Waals surface area contributed by atoms with Gasteiger partial charge >= 0.3 is 0 Å². The van der Waals surface area contributed by atoms with Crippen LogP contribution in [0.25, 0.3) is 0 Å². The van der Waals surface area contributed by atoms with Gasteiger partial charge in [-0.3, -0.25) is 0 Å². The van der Waals surface area contributed by atoms with E-state index in [1.165, 1.54) is 0 Å². The van der Waals surface area contributed by atoms with E-state index in [-0.39, 0.29) is 17.7 Å². The SMILES string of the molecule is CCCNc1nc(CC(C)OC)nc(C)c1F. The molecule has 0 aliphatic heterocycles. The second kappa shape index (κ2) is 6.49. The first kappa shape index (κ1) is 13.8. The summed E-state index contributed by atoms with van der Waals surface area (Å²) in [6.45, 7) is 6.30. The van der Waals surface area contributed by atoms with Gasteiger partial charge in [0.25, 0.3) is 0 Å². The summed E-state index contributed by atoms with van der Waals surface area (Å²) in [7, 11) is 1.64. The van der Waals surface area contributed by atoms with Crippen LogP contribution in [0.4, 0.5) is 10.2 Å². The van der Waals surface area contributed by atoms with E-state index in [1.54, 1.807) is 14.0 Å². The van der Waals surface area contributed by atoms with Gasteiger partial charge in [-0.15, -0.1) is 0 Å². The van der Waals surface area contributed by atoms with Crippen molar-refractivity contribution in [2.75, 3.05) is 19.0 Å². The summed E-state index contributed by atoms with van der Waals surface area (Å²) in [5, 5.41) is 2.97. The molecule has 0 aliphatic carbocycles. The molecule has 96 valence electrons. The Morgan fingerprint density at radius 2 is 2.12 bits per heavy atom. The first-order valence-corrected chi connectivity index (χ1v) is 5.88. The molecule has 0 spiro atoms. The van der Waals surface area contributed by atoms with E-state index in [0.717, 1.165) is 6.42 Å². The summed E-state index contributed by atoms with van der Waals surface area (Å²) < 4.78 is 18.9. The largest absolute Gasteiger partial charge is 0.381 e. The van der Waals surface area contributed by atoms with Crippen LogP contribution >= 0.6 is 0 Å². The Bertz CT molecular complexity index is 371. The first-order chi connectivity index (χ1) is 8.08. The van der Waals surface area contributed by atoms with Crippen LogP contribution < -0.4 is 5.32 Å². The second-order valence-electron chi connectivity index (χ2n) is 4.07. The molecule has 1 aromatic heterocycles. The minimum Gasteiger partial charge on any atom is -0.381 e. The van der Waals surface area contributed by atoms with Crippen molar-refractivity contribution >= 4 is 5.82 Å². The maximum Gasteiger partial charge on any atom is 0.186 e. The van der Waals surface area contributed by atoms with Crippen LogP contribution in [-0.4, -0.2) is 29.7 Å². The van der Waals surface area contributed by atoms with Crippen molar-refractivity contribution in [3.8, 4) is 0 Å². The minimum absolute atomic E-state index is 0.0267. The molecule has 0 aliphatic rings. The molecule has 5 heteroatoms. The number of aryl methyl sites for hydroxylation is 1. The lowest BCUT2D eigenvalue weighted by atomic mass is 10.2. The van der Waals surface area contributed by atoms with Gasteiger partial charge in [0, 0.05) is 20.1 Å². The van der Waals surface area contributed by atoms with Gasteiger partial charge in [-0.2, -0.15) is 0 Å². The second-order valence-corrected chi connectivity index (χ2v) is 4.07. The van der Waals surface area contributed by atoms with Crippen LogP contribution in [0.2, 0.25) is 0 Å². The van der Waals surface area contributed by atoms with E-state index >= 15 is 0 Å². The van der Waals surface area contributed by atoms with Crippen molar-refractivity contribution in [2.45, 2.75) is 39.7 Å². The molecule has 1 unspecified atom stereocenters. The molecule has 0 saturated heterocycles. The van der Waals surface area contributed by atoms with Gasteiger partial charge in [-0.1, -0.05) is 6.92 Å². The van der Waals surface area contributed by atoms with Crippen molar-refractivity contribution in [3.63, 3.8) is 0 Å². The summed E-state index contributed by atoms with van der Waals surface area (Å²) in [5.41, 5.74) is 0.372. The van der Waals surface area contributed by atoms with Crippen molar-refractivity contribution < 1.29 is 9.13 Å². The number of methoxy groups -OCH3 is 1. The third-order valence-corrected chi connectivity index (χ3v) is 2.48. The van der Waals surface area contributed by atoms with Gasteiger partial charge in [0.2, 0.25) is 0 Å². The highest BCUT2D eigenvalue weighted by Gasteiger charge is 2.12. The predicted octanol–water partition coefficient (Wildman–Crippen LogP) is 2.32. The Labute approximate surface area is 102 Å². The highest BCUT2D eigenvalue weighted by Crippen LogP contribution is 2.15. The number of rotatable bonds is 6. The Balaban J connectivity index is 2.89. The van der Waals surface area contributed by atoms with Crippen molar-refractivity contribution in [3.05, 3.63) is 17.3 Å². The molecule has 1 N–H and O–H groups in total. The molecule has 17 heavy (non-hydrogen) atoms. The Kier molecular flexibility index (Phi) is 5.28. The summed E-state index contributed by atoms with van der Waals surface area (Å²) in [5.74, 6) is 0.529. The number of hydrogen-bond donors (Lipinski definition) is 1. The number of nitrogens with one attached hydrogen (secondary N) is 1. The van der Waals surface area contributed by atoms with Crippen LogP contribution in [0.3, 0.4) is 0 Å². The zero-order chi connectivity index (χ0) is 12.8. The van der Waals surface area contributed by atoms with Crippen LogP contribution in [0.15, 0.2) is 0 Å². The smallest absolute Gasteiger partial charge is 0.186 e. The topological polar surface area (TPSA) is 47.0 Å². The molecular formula is C12H20FN3O. The maximum atomic E-state index is 13.7. The first-order valence-electron chi connectivity index (χ1n) is 5.88. The number of anilines is 1. The molecule has 1 rings (SSSR count). The van der Waals surface area contributed by atoms with Gasteiger partial charge in [0.1, 0.15) is 5.82 Å². The standard InChI is InChI=1S/C12H20FN3O/c1-5-6-14-12-11(13)9(3)15-10(16-12)7-8(2)17-4/h8H,5-7H2,1-4H3,(H,14,15,16). The number of halogens is 1.